The summed E-state index contributed by atoms with van der Waals surface area (Å²) in [5.74, 6) is -6.66. The molecular formula is C54H67IN10O14S. The van der Waals surface area contributed by atoms with Crippen LogP contribution in [0.2, 0.25) is 0 Å². The first-order valence-electron chi connectivity index (χ1n) is 25.9. The van der Waals surface area contributed by atoms with Crippen molar-refractivity contribution >= 4 is 86.3 Å². The smallest absolute Gasteiger partial charge is 0.326 e. The van der Waals surface area contributed by atoms with Crippen molar-refractivity contribution in [1.29, 1.82) is 0 Å². The van der Waals surface area contributed by atoms with E-state index in [9.17, 15) is 58.8 Å². The second-order valence-electron chi connectivity index (χ2n) is 18.9. The predicted molar refractivity (Wildman–Crippen MR) is 300 cm³/mol. The van der Waals surface area contributed by atoms with Gasteiger partial charge >= 0.3 is 11.9 Å². The van der Waals surface area contributed by atoms with Crippen molar-refractivity contribution in [3.8, 4) is 11.5 Å². The van der Waals surface area contributed by atoms with Gasteiger partial charge in [0, 0.05) is 59.7 Å². The second kappa shape index (κ2) is 32.6. The normalized spacial score (nSPS) is 12.4. The number of amides is 5. The minimum atomic E-state index is -1.85. The molecule has 0 fully saturated rings. The highest BCUT2D eigenvalue weighted by atomic mass is 127. The van der Waals surface area contributed by atoms with Crippen LogP contribution in [0.15, 0.2) is 79.0 Å². The van der Waals surface area contributed by atoms with Crippen LogP contribution in [0.5, 0.6) is 11.5 Å². The lowest BCUT2D eigenvalue weighted by Gasteiger charge is -2.31. The molecule has 24 nitrogen and oxygen atoms in total. The molecule has 3 aromatic carbocycles. The average molecular weight is 1240 g/mol. The Bertz CT molecular complexity index is 2800. The number of aromatic hydroxyl groups is 2. The van der Waals surface area contributed by atoms with E-state index in [0.717, 1.165) is 8.58 Å². The number of carbonyl (C=O) groups excluding carboxylic acids is 6. The van der Waals surface area contributed by atoms with Crippen LogP contribution in [0, 0.1) is 10.5 Å². The van der Waals surface area contributed by atoms with Crippen molar-refractivity contribution in [1.82, 2.24) is 46.5 Å². The minimum Gasteiger partial charge on any atom is -0.508 e. The number of ketones is 1. The van der Waals surface area contributed by atoms with E-state index in [2.05, 4.69) is 69.7 Å². The Morgan fingerprint density at radius 3 is 1.84 bits per heavy atom. The number of hydrogen-bond acceptors (Lipinski definition) is 17. The molecule has 430 valence electrons. The molecule has 0 saturated carbocycles. The van der Waals surface area contributed by atoms with Gasteiger partial charge in [-0.25, -0.2) is 9.59 Å². The van der Waals surface area contributed by atoms with Crippen LogP contribution in [0.25, 0.3) is 0 Å². The average Bonchev–Trinajstić information content (AvgIpc) is 4.12. The fourth-order valence-electron chi connectivity index (χ4n) is 8.24. The largest absolute Gasteiger partial charge is 0.508 e. The van der Waals surface area contributed by atoms with Crippen LogP contribution in [0.3, 0.4) is 0 Å². The van der Waals surface area contributed by atoms with E-state index in [1.165, 1.54) is 35.6 Å². The SMILES string of the molecule is Cc1nnc(NC(=O)CCCc2cn(CCCC[C@H](NC(=O)C[C@H](NC(=O)C[C@H](NC(=O)CCC(C)(c3ccc(O)cc3)c3ccc(O)cc3)C(=O)O)C(=O)O)C(=O)NCCOCCOCCCC(=O)c3ccc(I)cc3)nn2)s1. The second-order valence-corrected chi connectivity index (χ2v) is 21.3. The number of nitrogens with zero attached hydrogens (tertiary/aromatic N) is 5. The lowest BCUT2D eigenvalue weighted by Crippen LogP contribution is -2.51. The van der Waals surface area contributed by atoms with Gasteiger partial charge in [-0.2, -0.15) is 0 Å². The first-order chi connectivity index (χ1) is 38.3. The predicted octanol–water partition coefficient (Wildman–Crippen LogP) is 4.59. The summed E-state index contributed by atoms with van der Waals surface area (Å²) < 4.78 is 13.8. The number of halogens is 1. The van der Waals surface area contributed by atoms with Crippen LogP contribution < -0.4 is 26.6 Å². The molecule has 26 heteroatoms. The topological polar surface area (TPSA) is 353 Å². The van der Waals surface area contributed by atoms with Gasteiger partial charge in [0.15, 0.2) is 5.78 Å². The number of carboxylic acid groups (broad SMARTS) is 2. The van der Waals surface area contributed by atoms with E-state index in [4.69, 9.17) is 9.47 Å². The number of unbranched alkanes of at least 4 members (excludes halogenated alkanes) is 1. The molecule has 5 aromatic rings. The number of nitrogens with one attached hydrogen (secondary N) is 5. The molecule has 3 atom stereocenters. The van der Waals surface area contributed by atoms with Crippen molar-refractivity contribution in [3.63, 3.8) is 0 Å². The van der Waals surface area contributed by atoms with Crippen molar-refractivity contribution < 1.29 is 68.3 Å². The van der Waals surface area contributed by atoms with E-state index < -0.39 is 71.9 Å². The van der Waals surface area contributed by atoms with Gasteiger partial charge in [0.2, 0.25) is 34.7 Å². The molecular weight excluding hydrogens is 1170 g/mol. The van der Waals surface area contributed by atoms with Crippen molar-refractivity contribution in [2.45, 2.75) is 121 Å². The lowest BCUT2D eigenvalue weighted by molar-refractivity contribution is -0.145. The number of phenols is 2. The van der Waals surface area contributed by atoms with E-state index in [0.29, 0.717) is 79.2 Å². The van der Waals surface area contributed by atoms with Crippen LogP contribution in [-0.2, 0) is 61.4 Å². The maximum Gasteiger partial charge on any atom is 0.326 e. The Morgan fingerprint density at radius 2 is 1.25 bits per heavy atom. The van der Waals surface area contributed by atoms with E-state index in [-0.39, 0.29) is 75.2 Å². The van der Waals surface area contributed by atoms with E-state index in [1.807, 2.05) is 19.1 Å². The molecule has 0 aliphatic carbocycles. The number of anilines is 1. The van der Waals surface area contributed by atoms with Gasteiger partial charge in [-0.15, -0.1) is 15.3 Å². The Hall–Kier alpha value is -7.43. The third-order valence-electron chi connectivity index (χ3n) is 12.7. The van der Waals surface area contributed by atoms with Gasteiger partial charge < -0.3 is 56.5 Å². The van der Waals surface area contributed by atoms with Crippen molar-refractivity contribution in [2.24, 2.45) is 0 Å². The van der Waals surface area contributed by atoms with Gasteiger partial charge in [-0.05, 0) is 122 Å². The zero-order chi connectivity index (χ0) is 58.0. The number of aromatic nitrogens is 5. The number of aryl methyl sites for hydroxylation is 3. The summed E-state index contributed by atoms with van der Waals surface area (Å²) in [6, 6.07) is 15.2. The summed E-state index contributed by atoms with van der Waals surface area (Å²) in [6.45, 7) is 4.97. The van der Waals surface area contributed by atoms with Crippen molar-refractivity contribution in [2.75, 3.05) is 38.3 Å². The molecule has 0 aliphatic heterocycles. The Labute approximate surface area is 479 Å². The van der Waals surface area contributed by atoms with E-state index >= 15 is 0 Å². The van der Waals surface area contributed by atoms with E-state index in [1.54, 1.807) is 54.2 Å². The highest BCUT2D eigenvalue weighted by Crippen LogP contribution is 2.38. The highest BCUT2D eigenvalue weighted by molar-refractivity contribution is 14.1. The number of phenolic OH excluding ortho intramolecular Hbond substituents is 2. The number of benzene rings is 3. The number of aliphatic carboxylic acids is 2. The lowest BCUT2D eigenvalue weighted by atomic mass is 9.73. The van der Waals surface area contributed by atoms with Gasteiger partial charge in [-0.3, -0.25) is 33.4 Å². The molecule has 2 heterocycles. The number of rotatable bonds is 36. The highest BCUT2D eigenvalue weighted by Gasteiger charge is 2.33. The Balaban J connectivity index is 1.10. The number of ether oxygens (including phenoxy) is 2. The molecule has 5 rings (SSSR count). The number of hydrogen-bond donors (Lipinski definition) is 9. The summed E-state index contributed by atoms with van der Waals surface area (Å²) in [5.41, 5.74) is 1.89. The van der Waals surface area contributed by atoms with Gasteiger partial charge in [-0.1, -0.05) is 59.9 Å². The molecule has 0 unspecified atom stereocenters. The summed E-state index contributed by atoms with van der Waals surface area (Å²) in [7, 11) is 0. The Kier molecular flexibility index (Phi) is 25.8. The Morgan fingerprint density at radius 1 is 0.662 bits per heavy atom. The quantitative estimate of drug-likeness (QED) is 0.0150. The molecule has 5 amide bonds. The van der Waals surface area contributed by atoms with Gasteiger partial charge in [0.05, 0.1) is 38.4 Å². The third-order valence-corrected chi connectivity index (χ3v) is 14.1. The summed E-state index contributed by atoms with van der Waals surface area (Å²) >= 11 is 3.45. The molecule has 0 spiro atoms. The minimum absolute atomic E-state index is 0.0199. The van der Waals surface area contributed by atoms with Crippen molar-refractivity contribution in [3.05, 3.63) is 110 Å². The molecule has 2 aromatic heterocycles. The third kappa shape index (κ3) is 22.0. The molecule has 0 aliphatic rings. The molecule has 0 radical (unpaired) electrons. The molecule has 80 heavy (non-hydrogen) atoms. The van der Waals surface area contributed by atoms with Crippen LogP contribution in [-0.4, -0.2) is 144 Å². The fourth-order valence-corrected chi connectivity index (χ4v) is 9.21. The maximum absolute atomic E-state index is 13.5. The number of Topliss-reactive ketones (excluding diaryl/α,β-unsaturated/α-hetero) is 1. The first-order valence-corrected chi connectivity index (χ1v) is 27.8. The van der Waals surface area contributed by atoms with Crippen LogP contribution in [0.4, 0.5) is 5.13 Å². The van der Waals surface area contributed by atoms with Gasteiger partial charge in [0.1, 0.15) is 34.6 Å². The summed E-state index contributed by atoms with van der Waals surface area (Å²) in [6.07, 6.45) is 3.02. The maximum atomic E-state index is 13.5. The first kappa shape index (κ1) is 63.4. The number of carboxylic acids is 2. The molecule has 9 N–H and O–H groups in total. The molecule has 0 saturated heterocycles. The van der Waals surface area contributed by atoms with Crippen LogP contribution >= 0.6 is 33.9 Å². The fraction of sp³-hybridized carbons (Fsp3) is 0.444. The summed E-state index contributed by atoms with van der Waals surface area (Å²) in [4.78, 5) is 103. The zero-order valence-corrected chi connectivity index (χ0v) is 47.3. The zero-order valence-electron chi connectivity index (χ0n) is 44.4. The monoisotopic (exact) mass is 1240 g/mol. The van der Waals surface area contributed by atoms with Gasteiger partial charge in [0.25, 0.3) is 0 Å². The summed E-state index contributed by atoms with van der Waals surface area (Å²) in [5, 5.41) is 69.5. The standard InChI is InChI=1S/C54H67IN10O14S/c1-34-61-63-53(80-34)60-46(69)10-5-7-39-33-65(64-62-39)26-4-3-8-42(50(73)56-25-28-79-30-29-78-27-6-9-45(68)35-11-17-38(55)18-12-35)57-48(71)32-44(52(76)77)59-49(72)31-43(51(74)75)58-47(70)23-24-54(2,36-13-19-40(66)20-14-36)37-15-21-41(67)22-16-37/h11-22,33,42-44,66-67H,3-10,23-32H2,1-2H3,(H,56,73)(H,57,71)(H,58,70)(H,59,72)(H,74,75)(H,76,77)(H,60,63,69)/t42-,43-,44-/m0/s1. The van der Waals surface area contributed by atoms with Crippen LogP contribution in [0.1, 0.15) is 110 Å². The molecule has 0 bridgehead atoms. The number of carbonyl (C=O) groups is 8.